The van der Waals surface area contributed by atoms with Crippen molar-refractivity contribution in [1.82, 2.24) is 0 Å². The molecule has 84 valence electrons. The Hall–Kier alpha value is -0.780. The van der Waals surface area contributed by atoms with Crippen LogP contribution >= 0.6 is 0 Å². The molecule has 0 saturated carbocycles. The number of terminal acetylenes is 1. The highest BCUT2D eigenvalue weighted by Crippen LogP contribution is 2.28. The standard InChI is InChI=1S/C13H20O2/c1-5-7-8-9-11(6-2)12-10-14-13(3,4)15-12/h1,9,12H,6-8,10H2,2-4H3/b11-9-/t12-/m1/s1. The van der Waals surface area contributed by atoms with Crippen LogP contribution in [0.15, 0.2) is 11.6 Å². The van der Waals surface area contributed by atoms with E-state index >= 15 is 0 Å². The Bertz CT molecular complexity index is 271. The van der Waals surface area contributed by atoms with Gasteiger partial charge in [-0.2, -0.15) is 0 Å². The smallest absolute Gasteiger partial charge is 0.163 e. The van der Waals surface area contributed by atoms with Crippen molar-refractivity contribution in [3.63, 3.8) is 0 Å². The highest BCUT2D eigenvalue weighted by atomic mass is 16.7. The quantitative estimate of drug-likeness (QED) is 0.402. The minimum atomic E-state index is -0.439. The van der Waals surface area contributed by atoms with Crippen molar-refractivity contribution in [2.45, 2.75) is 51.9 Å². The van der Waals surface area contributed by atoms with Gasteiger partial charge in [-0.25, -0.2) is 0 Å². The lowest BCUT2D eigenvalue weighted by atomic mass is 10.1. The molecule has 0 radical (unpaired) electrons. The largest absolute Gasteiger partial charge is 0.347 e. The van der Waals surface area contributed by atoms with Crippen LogP contribution in [0.4, 0.5) is 0 Å². The van der Waals surface area contributed by atoms with E-state index in [1.54, 1.807) is 0 Å². The van der Waals surface area contributed by atoms with Crippen LogP contribution in [0, 0.1) is 12.3 Å². The van der Waals surface area contributed by atoms with Crippen molar-refractivity contribution in [1.29, 1.82) is 0 Å². The molecule has 1 saturated heterocycles. The monoisotopic (exact) mass is 208 g/mol. The van der Waals surface area contributed by atoms with E-state index in [0.29, 0.717) is 6.61 Å². The van der Waals surface area contributed by atoms with E-state index in [9.17, 15) is 0 Å². The summed E-state index contributed by atoms with van der Waals surface area (Å²) >= 11 is 0. The Morgan fingerprint density at radius 2 is 2.33 bits per heavy atom. The Morgan fingerprint density at radius 3 is 2.80 bits per heavy atom. The predicted octanol–water partition coefficient (Wildman–Crippen LogP) is 2.89. The topological polar surface area (TPSA) is 18.5 Å². The molecule has 1 aliphatic rings. The molecule has 0 unspecified atom stereocenters. The SMILES string of the molecule is C#CCC/C=C(/CC)[C@H]1COC(C)(C)O1. The van der Waals surface area contributed by atoms with Gasteiger partial charge in [-0.05, 0) is 32.3 Å². The van der Waals surface area contributed by atoms with Gasteiger partial charge >= 0.3 is 0 Å². The van der Waals surface area contributed by atoms with Gasteiger partial charge < -0.3 is 9.47 Å². The van der Waals surface area contributed by atoms with Gasteiger partial charge in [-0.3, -0.25) is 0 Å². The van der Waals surface area contributed by atoms with Crippen LogP contribution in [-0.4, -0.2) is 18.5 Å². The summed E-state index contributed by atoms with van der Waals surface area (Å²) in [5.41, 5.74) is 1.30. The average Bonchev–Trinajstić information content (AvgIpc) is 2.54. The summed E-state index contributed by atoms with van der Waals surface area (Å²) in [5, 5.41) is 0. The summed E-state index contributed by atoms with van der Waals surface area (Å²) in [5.74, 6) is 2.20. The second kappa shape index (κ2) is 5.34. The van der Waals surface area contributed by atoms with Crippen molar-refractivity contribution in [2.75, 3.05) is 6.61 Å². The molecule has 0 N–H and O–H groups in total. The molecule has 0 amide bonds. The number of unbranched alkanes of at least 4 members (excludes halogenated alkanes) is 1. The molecular weight excluding hydrogens is 188 g/mol. The number of hydrogen-bond donors (Lipinski definition) is 0. The van der Waals surface area contributed by atoms with E-state index in [2.05, 4.69) is 18.9 Å². The summed E-state index contributed by atoms with van der Waals surface area (Å²) in [4.78, 5) is 0. The molecule has 0 spiro atoms. The zero-order valence-corrected chi connectivity index (χ0v) is 9.88. The second-order valence-electron chi connectivity index (χ2n) is 4.19. The predicted molar refractivity (Wildman–Crippen MR) is 61.3 cm³/mol. The highest BCUT2D eigenvalue weighted by Gasteiger charge is 2.33. The number of hydrogen-bond acceptors (Lipinski definition) is 2. The second-order valence-corrected chi connectivity index (χ2v) is 4.19. The Balaban J connectivity index is 2.53. The highest BCUT2D eigenvalue weighted by molar-refractivity contribution is 5.10. The molecule has 0 aromatic heterocycles. The van der Waals surface area contributed by atoms with Crippen molar-refractivity contribution in [3.8, 4) is 12.3 Å². The normalized spacial score (nSPS) is 25.2. The fourth-order valence-corrected chi connectivity index (χ4v) is 1.71. The van der Waals surface area contributed by atoms with Crippen LogP contribution in [0.1, 0.15) is 40.0 Å². The molecule has 0 aliphatic carbocycles. The average molecular weight is 208 g/mol. The Morgan fingerprint density at radius 1 is 1.60 bits per heavy atom. The van der Waals surface area contributed by atoms with Crippen LogP contribution < -0.4 is 0 Å². The maximum absolute atomic E-state index is 5.79. The van der Waals surface area contributed by atoms with Crippen molar-refractivity contribution in [3.05, 3.63) is 11.6 Å². The summed E-state index contributed by atoms with van der Waals surface area (Å²) in [6.45, 7) is 6.68. The molecule has 1 fully saturated rings. The van der Waals surface area contributed by atoms with Gasteiger partial charge in [-0.15, -0.1) is 12.3 Å². The van der Waals surface area contributed by atoms with E-state index < -0.39 is 5.79 Å². The van der Waals surface area contributed by atoms with Gasteiger partial charge in [0.05, 0.1) is 6.61 Å². The van der Waals surface area contributed by atoms with Gasteiger partial charge in [0, 0.05) is 6.42 Å². The lowest BCUT2D eigenvalue weighted by Gasteiger charge is -2.18. The van der Waals surface area contributed by atoms with Crippen molar-refractivity contribution < 1.29 is 9.47 Å². The molecule has 1 rings (SSSR count). The summed E-state index contributed by atoms with van der Waals surface area (Å²) in [7, 11) is 0. The molecule has 2 nitrogen and oxygen atoms in total. The van der Waals surface area contributed by atoms with E-state index in [-0.39, 0.29) is 6.10 Å². The third-order valence-electron chi connectivity index (χ3n) is 2.53. The molecular formula is C13H20O2. The van der Waals surface area contributed by atoms with E-state index in [4.69, 9.17) is 15.9 Å². The molecule has 1 aliphatic heterocycles. The minimum absolute atomic E-state index is 0.114. The molecule has 1 atom stereocenters. The molecule has 0 aromatic rings. The lowest BCUT2D eigenvalue weighted by Crippen LogP contribution is -2.22. The summed E-state index contributed by atoms with van der Waals surface area (Å²) < 4.78 is 11.3. The Labute approximate surface area is 92.6 Å². The van der Waals surface area contributed by atoms with Crippen molar-refractivity contribution >= 4 is 0 Å². The van der Waals surface area contributed by atoms with Gasteiger partial charge in [-0.1, -0.05) is 13.0 Å². The first-order chi connectivity index (χ1) is 7.09. The van der Waals surface area contributed by atoms with Crippen LogP contribution in [-0.2, 0) is 9.47 Å². The number of rotatable bonds is 4. The molecule has 0 aromatic carbocycles. The maximum atomic E-state index is 5.79. The van der Waals surface area contributed by atoms with Crippen LogP contribution in [0.2, 0.25) is 0 Å². The summed E-state index contributed by atoms with van der Waals surface area (Å²) in [6, 6.07) is 0. The van der Waals surface area contributed by atoms with Crippen molar-refractivity contribution in [2.24, 2.45) is 0 Å². The van der Waals surface area contributed by atoms with Gasteiger partial charge in [0.15, 0.2) is 5.79 Å². The maximum Gasteiger partial charge on any atom is 0.163 e. The lowest BCUT2D eigenvalue weighted by molar-refractivity contribution is -0.134. The van der Waals surface area contributed by atoms with Gasteiger partial charge in [0.2, 0.25) is 0 Å². The van der Waals surface area contributed by atoms with Crippen LogP contribution in [0.5, 0.6) is 0 Å². The first-order valence-electron chi connectivity index (χ1n) is 5.53. The molecule has 2 heteroatoms. The van der Waals surface area contributed by atoms with E-state index in [1.165, 1.54) is 5.57 Å². The summed E-state index contributed by atoms with van der Waals surface area (Å²) in [6.07, 6.45) is 10.2. The zero-order chi connectivity index (χ0) is 11.3. The number of ether oxygens (including phenoxy) is 2. The minimum Gasteiger partial charge on any atom is -0.347 e. The fourth-order valence-electron chi connectivity index (χ4n) is 1.71. The zero-order valence-electron chi connectivity index (χ0n) is 9.88. The third-order valence-corrected chi connectivity index (χ3v) is 2.53. The van der Waals surface area contributed by atoms with E-state index in [0.717, 1.165) is 19.3 Å². The molecule has 1 heterocycles. The first-order valence-corrected chi connectivity index (χ1v) is 5.53. The van der Waals surface area contributed by atoms with Crippen LogP contribution in [0.25, 0.3) is 0 Å². The molecule has 0 bridgehead atoms. The number of allylic oxidation sites excluding steroid dienone is 1. The molecule has 15 heavy (non-hydrogen) atoms. The van der Waals surface area contributed by atoms with Gasteiger partial charge in [0.1, 0.15) is 6.10 Å². The first kappa shape index (κ1) is 12.3. The fraction of sp³-hybridized carbons (Fsp3) is 0.692. The Kier molecular flexibility index (Phi) is 4.38. The van der Waals surface area contributed by atoms with E-state index in [1.807, 2.05) is 13.8 Å². The van der Waals surface area contributed by atoms with Gasteiger partial charge in [0.25, 0.3) is 0 Å². The van der Waals surface area contributed by atoms with Crippen LogP contribution in [0.3, 0.4) is 0 Å². The third kappa shape index (κ3) is 3.70.